The van der Waals surface area contributed by atoms with Crippen molar-refractivity contribution in [1.82, 2.24) is 15.1 Å². The minimum Gasteiger partial charge on any atom is -0.348 e. The van der Waals surface area contributed by atoms with Crippen LogP contribution in [0, 0.1) is 0 Å². The lowest BCUT2D eigenvalue weighted by molar-refractivity contribution is -0.145. The number of aromatic nitrogens is 2. The van der Waals surface area contributed by atoms with E-state index in [2.05, 4.69) is 10.4 Å². The Bertz CT molecular complexity index is 332. The van der Waals surface area contributed by atoms with Gasteiger partial charge in [-0.15, -0.1) is 0 Å². The van der Waals surface area contributed by atoms with Crippen LogP contribution < -0.4 is 5.32 Å². The molecule has 0 unspecified atom stereocenters. The number of nitrogens with one attached hydrogen (secondary N) is 1. The average Bonchev–Trinajstić information content (AvgIpc) is 2.84. The third-order valence-corrected chi connectivity index (χ3v) is 2.73. The molecule has 0 radical (unpaired) electrons. The zero-order valence-electron chi connectivity index (χ0n) is 9.90. The van der Waals surface area contributed by atoms with E-state index in [0.717, 1.165) is 25.2 Å². The SMILES string of the molecule is Cn1ccc(CNCCC2(C)OCCO2)n1. The molecule has 2 rings (SSSR count). The molecule has 0 aliphatic carbocycles. The monoisotopic (exact) mass is 225 g/mol. The molecule has 1 N–H and O–H groups in total. The highest BCUT2D eigenvalue weighted by molar-refractivity contribution is 4.97. The zero-order valence-corrected chi connectivity index (χ0v) is 9.90. The van der Waals surface area contributed by atoms with Crippen molar-refractivity contribution < 1.29 is 9.47 Å². The van der Waals surface area contributed by atoms with E-state index < -0.39 is 5.79 Å². The summed E-state index contributed by atoms with van der Waals surface area (Å²) in [5.74, 6) is -0.392. The van der Waals surface area contributed by atoms with Gasteiger partial charge in [0.15, 0.2) is 5.79 Å². The quantitative estimate of drug-likeness (QED) is 0.748. The van der Waals surface area contributed by atoms with Crippen LogP contribution in [0.3, 0.4) is 0 Å². The second-order valence-corrected chi connectivity index (χ2v) is 4.24. The standard InChI is InChI=1S/C11H19N3O2/c1-11(15-7-8-16-11)4-5-12-9-10-3-6-14(2)13-10/h3,6,12H,4-5,7-9H2,1-2H3. The molecule has 90 valence electrons. The summed E-state index contributed by atoms with van der Waals surface area (Å²) in [6.07, 6.45) is 2.81. The first-order valence-electron chi connectivity index (χ1n) is 5.65. The number of rotatable bonds is 5. The fourth-order valence-electron chi connectivity index (χ4n) is 1.79. The predicted octanol–water partition coefficient (Wildman–Crippen LogP) is 0.663. The highest BCUT2D eigenvalue weighted by Crippen LogP contribution is 2.21. The van der Waals surface area contributed by atoms with Gasteiger partial charge in [-0.05, 0) is 13.0 Å². The van der Waals surface area contributed by atoms with Gasteiger partial charge in [0, 0.05) is 32.8 Å². The lowest BCUT2D eigenvalue weighted by Gasteiger charge is -2.22. The van der Waals surface area contributed by atoms with Crippen molar-refractivity contribution in [1.29, 1.82) is 0 Å². The molecule has 1 aliphatic heterocycles. The molecule has 0 aromatic carbocycles. The molecule has 0 saturated carbocycles. The Kier molecular flexibility index (Phi) is 3.58. The van der Waals surface area contributed by atoms with Gasteiger partial charge in [-0.2, -0.15) is 5.10 Å². The van der Waals surface area contributed by atoms with Crippen LogP contribution in [0.15, 0.2) is 12.3 Å². The van der Waals surface area contributed by atoms with Crippen molar-refractivity contribution in [3.63, 3.8) is 0 Å². The summed E-state index contributed by atoms with van der Waals surface area (Å²) < 4.78 is 12.8. The van der Waals surface area contributed by atoms with Crippen LogP contribution >= 0.6 is 0 Å². The topological polar surface area (TPSA) is 48.3 Å². The Hall–Kier alpha value is -0.910. The van der Waals surface area contributed by atoms with E-state index in [-0.39, 0.29) is 0 Å². The summed E-state index contributed by atoms with van der Waals surface area (Å²) >= 11 is 0. The van der Waals surface area contributed by atoms with Gasteiger partial charge in [-0.1, -0.05) is 0 Å². The molecule has 5 heteroatoms. The van der Waals surface area contributed by atoms with Crippen molar-refractivity contribution in [2.45, 2.75) is 25.7 Å². The van der Waals surface area contributed by atoms with Gasteiger partial charge >= 0.3 is 0 Å². The van der Waals surface area contributed by atoms with Gasteiger partial charge in [-0.25, -0.2) is 0 Å². The van der Waals surface area contributed by atoms with E-state index >= 15 is 0 Å². The summed E-state index contributed by atoms with van der Waals surface area (Å²) in [6, 6.07) is 2.01. The molecule has 1 aromatic heterocycles. The van der Waals surface area contributed by atoms with E-state index in [1.54, 1.807) is 0 Å². The van der Waals surface area contributed by atoms with Crippen LogP contribution in [-0.2, 0) is 23.1 Å². The molecule has 5 nitrogen and oxygen atoms in total. The molecule has 16 heavy (non-hydrogen) atoms. The van der Waals surface area contributed by atoms with E-state index in [1.807, 2.05) is 30.9 Å². The Morgan fingerprint density at radius 1 is 1.50 bits per heavy atom. The van der Waals surface area contributed by atoms with Gasteiger partial charge in [0.05, 0.1) is 18.9 Å². The van der Waals surface area contributed by atoms with Crippen LogP contribution in [0.2, 0.25) is 0 Å². The van der Waals surface area contributed by atoms with Crippen LogP contribution in [0.4, 0.5) is 0 Å². The van der Waals surface area contributed by atoms with Crippen molar-refractivity contribution in [3.8, 4) is 0 Å². The summed E-state index contributed by atoms with van der Waals surface area (Å²) in [5, 5.41) is 7.62. The first-order valence-corrected chi connectivity index (χ1v) is 5.65. The van der Waals surface area contributed by atoms with Gasteiger partial charge in [0.25, 0.3) is 0 Å². The van der Waals surface area contributed by atoms with Crippen molar-refractivity contribution in [2.75, 3.05) is 19.8 Å². The third kappa shape index (κ3) is 3.04. The highest BCUT2D eigenvalue weighted by atomic mass is 16.7. The minimum absolute atomic E-state index is 0.392. The number of aryl methyl sites for hydroxylation is 1. The molecule has 2 heterocycles. The van der Waals surface area contributed by atoms with E-state index in [9.17, 15) is 0 Å². The van der Waals surface area contributed by atoms with Gasteiger partial charge < -0.3 is 14.8 Å². The normalized spacial score (nSPS) is 19.1. The molecular formula is C11H19N3O2. The van der Waals surface area contributed by atoms with Crippen molar-refractivity contribution >= 4 is 0 Å². The molecule has 0 atom stereocenters. The Balaban J connectivity index is 1.65. The predicted molar refractivity (Wildman–Crippen MR) is 59.8 cm³/mol. The van der Waals surface area contributed by atoms with Crippen LogP contribution in [0.1, 0.15) is 19.0 Å². The molecule has 0 bridgehead atoms. The highest BCUT2D eigenvalue weighted by Gasteiger charge is 2.29. The number of hydrogen-bond donors (Lipinski definition) is 1. The van der Waals surface area contributed by atoms with E-state index in [4.69, 9.17) is 9.47 Å². The maximum atomic E-state index is 5.51. The fourth-order valence-corrected chi connectivity index (χ4v) is 1.79. The number of ether oxygens (including phenoxy) is 2. The lowest BCUT2D eigenvalue weighted by atomic mass is 10.2. The minimum atomic E-state index is -0.392. The van der Waals surface area contributed by atoms with E-state index in [1.165, 1.54) is 0 Å². The van der Waals surface area contributed by atoms with Gasteiger partial charge in [0.2, 0.25) is 0 Å². The molecular weight excluding hydrogens is 206 g/mol. The van der Waals surface area contributed by atoms with Crippen LogP contribution in [-0.4, -0.2) is 35.3 Å². The fraction of sp³-hybridized carbons (Fsp3) is 0.727. The van der Waals surface area contributed by atoms with Crippen molar-refractivity contribution in [3.05, 3.63) is 18.0 Å². The van der Waals surface area contributed by atoms with Crippen molar-refractivity contribution in [2.24, 2.45) is 7.05 Å². The maximum Gasteiger partial charge on any atom is 0.166 e. The maximum absolute atomic E-state index is 5.51. The number of nitrogens with zero attached hydrogens (tertiary/aromatic N) is 2. The molecule has 1 aliphatic rings. The van der Waals surface area contributed by atoms with Gasteiger partial charge in [0.1, 0.15) is 0 Å². The number of hydrogen-bond acceptors (Lipinski definition) is 4. The molecule has 1 saturated heterocycles. The Morgan fingerprint density at radius 2 is 2.25 bits per heavy atom. The lowest BCUT2D eigenvalue weighted by Crippen LogP contribution is -2.30. The largest absolute Gasteiger partial charge is 0.348 e. The molecule has 1 fully saturated rings. The molecule has 0 amide bonds. The van der Waals surface area contributed by atoms with E-state index in [0.29, 0.717) is 13.2 Å². The summed E-state index contributed by atoms with van der Waals surface area (Å²) in [6.45, 7) is 5.06. The second-order valence-electron chi connectivity index (χ2n) is 4.24. The first kappa shape index (κ1) is 11.6. The Labute approximate surface area is 95.7 Å². The molecule has 1 aromatic rings. The smallest absolute Gasteiger partial charge is 0.166 e. The summed E-state index contributed by atoms with van der Waals surface area (Å²) in [7, 11) is 1.92. The Morgan fingerprint density at radius 3 is 2.88 bits per heavy atom. The van der Waals surface area contributed by atoms with Gasteiger partial charge in [-0.3, -0.25) is 4.68 Å². The van der Waals surface area contributed by atoms with Crippen LogP contribution in [0.5, 0.6) is 0 Å². The third-order valence-electron chi connectivity index (χ3n) is 2.73. The second kappa shape index (κ2) is 4.95. The molecule has 0 spiro atoms. The summed E-state index contributed by atoms with van der Waals surface area (Å²) in [4.78, 5) is 0. The first-order chi connectivity index (χ1) is 7.68. The summed E-state index contributed by atoms with van der Waals surface area (Å²) in [5.41, 5.74) is 1.06. The average molecular weight is 225 g/mol. The zero-order chi connectivity index (χ0) is 11.4. The van der Waals surface area contributed by atoms with Crippen LogP contribution in [0.25, 0.3) is 0 Å².